The minimum absolute atomic E-state index is 0. The van der Waals surface area contributed by atoms with E-state index in [4.69, 9.17) is 10.5 Å². The molecule has 1 aromatic rings. The zero-order chi connectivity index (χ0) is 16.8. The van der Waals surface area contributed by atoms with Crippen LogP contribution in [-0.2, 0) is 6.54 Å². The fraction of sp³-hybridized carbons (Fsp3) is 0.533. The fourth-order valence-corrected chi connectivity index (χ4v) is 1.77. The second kappa shape index (κ2) is 9.74. The van der Waals surface area contributed by atoms with Crippen LogP contribution in [0.1, 0.15) is 33.3 Å². The molecule has 0 radical (unpaired) electrons. The summed E-state index contributed by atoms with van der Waals surface area (Å²) < 4.78 is 35.1. The van der Waals surface area contributed by atoms with Crippen LogP contribution < -0.4 is 20.5 Å². The average Bonchev–Trinajstić information content (AvgIpc) is 2.37. The number of aliphatic imine (C=N–C) groups is 1. The molecule has 1 aromatic carbocycles. The van der Waals surface area contributed by atoms with Gasteiger partial charge in [0.15, 0.2) is 17.5 Å². The summed E-state index contributed by atoms with van der Waals surface area (Å²) in [6.07, 6.45) is 0. The maximum absolute atomic E-state index is 12.6. The van der Waals surface area contributed by atoms with Crippen molar-refractivity contribution in [3.63, 3.8) is 0 Å². The van der Waals surface area contributed by atoms with Crippen LogP contribution in [0.2, 0.25) is 0 Å². The van der Waals surface area contributed by atoms with E-state index in [1.165, 1.54) is 0 Å². The lowest BCUT2D eigenvalue weighted by atomic mass is 10.1. The molecule has 0 aliphatic heterocycles. The molecule has 0 aliphatic carbocycles. The van der Waals surface area contributed by atoms with E-state index in [2.05, 4.69) is 15.0 Å². The van der Waals surface area contributed by atoms with E-state index in [1.54, 1.807) is 25.1 Å². The Morgan fingerprint density at radius 3 is 2.52 bits per heavy atom. The van der Waals surface area contributed by atoms with Gasteiger partial charge in [-0.05, 0) is 33.8 Å². The van der Waals surface area contributed by atoms with Gasteiger partial charge >= 0.3 is 6.61 Å². The van der Waals surface area contributed by atoms with E-state index in [0.717, 1.165) is 0 Å². The Hall–Kier alpha value is -1.32. The first-order valence-electron chi connectivity index (χ1n) is 7.00. The Labute approximate surface area is 152 Å². The van der Waals surface area contributed by atoms with E-state index >= 15 is 0 Å². The summed E-state index contributed by atoms with van der Waals surface area (Å²) in [6.45, 7) is 5.11. The van der Waals surface area contributed by atoms with Crippen molar-refractivity contribution in [2.24, 2.45) is 10.7 Å². The first kappa shape index (κ1) is 21.7. The standard InChI is InChI=1S/C15H23F2N3O2.HI/c1-5-21-11-8-6-7-10(12(11)22-13(16)17)9-19-14(18)20-15(2,3)4;/h6-8,13H,5,9H2,1-4H3,(H3,18,19,20);1H. The molecule has 0 fully saturated rings. The van der Waals surface area contributed by atoms with E-state index < -0.39 is 6.61 Å². The Bertz CT molecular complexity index is 520. The quantitative estimate of drug-likeness (QED) is 0.401. The number of para-hydroxylation sites is 1. The third-order valence-corrected chi connectivity index (χ3v) is 2.49. The largest absolute Gasteiger partial charge is 0.490 e. The van der Waals surface area contributed by atoms with Crippen LogP contribution in [0, 0.1) is 0 Å². The summed E-state index contributed by atoms with van der Waals surface area (Å²) in [4.78, 5) is 4.15. The number of nitrogens with one attached hydrogen (secondary N) is 1. The molecule has 5 nitrogen and oxygen atoms in total. The number of benzene rings is 1. The molecule has 0 aromatic heterocycles. The lowest BCUT2D eigenvalue weighted by Gasteiger charge is -2.21. The molecule has 0 unspecified atom stereocenters. The molecule has 0 saturated heterocycles. The van der Waals surface area contributed by atoms with Crippen molar-refractivity contribution in [3.8, 4) is 11.5 Å². The maximum atomic E-state index is 12.6. The van der Waals surface area contributed by atoms with Crippen molar-refractivity contribution in [1.29, 1.82) is 0 Å². The normalized spacial score (nSPS) is 11.9. The van der Waals surface area contributed by atoms with Crippen molar-refractivity contribution >= 4 is 29.9 Å². The summed E-state index contributed by atoms with van der Waals surface area (Å²) in [6, 6.07) is 4.92. The van der Waals surface area contributed by atoms with E-state index in [0.29, 0.717) is 12.2 Å². The number of nitrogens with two attached hydrogens (primary N) is 1. The van der Waals surface area contributed by atoms with Crippen LogP contribution in [0.3, 0.4) is 0 Å². The van der Waals surface area contributed by atoms with Crippen molar-refractivity contribution < 1.29 is 18.3 Å². The highest BCUT2D eigenvalue weighted by molar-refractivity contribution is 14.0. The highest BCUT2D eigenvalue weighted by Crippen LogP contribution is 2.33. The Balaban J connectivity index is 0.00000484. The number of ether oxygens (including phenoxy) is 2. The average molecular weight is 443 g/mol. The van der Waals surface area contributed by atoms with Crippen LogP contribution in [0.15, 0.2) is 23.2 Å². The predicted molar refractivity (Wildman–Crippen MR) is 97.9 cm³/mol. The number of rotatable bonds is 6. The Morgan fingerprint density at radius 1 is 1.35 bits per heavy atom. The lowest BCUT2D eigenvalue weighted by molar-refractivity contribution is -0.0520. The van der Waals surface area contributed by atoms with Crippen molar-refractivity contribution in [2.45, 2.75) is 46.4 Å². The number of hydrogen-bond donors (Lipinski definition) is 2. The third kappa shape index (κ3) is 8.19. The molecule has 0 atom stereocenters. The Kier molecular flexibility index (Phi) is 9.18. The van der Waals surface area contributed by atoms with E-state index in [-0.39, 0.29) is 53.5 Å². The van der Waals surface area contributed by atoms with E-state index in [9.17, 15) is 8.78 Å². The molecular weight excluding hydrogens is 419 g/mol. The SMILES string of the molecule is CCOc1cccc(CN=C(N)NC(C)(C)C)c1OC(F)F.I. The van der Waals surface area contributed by atoms with Crippen LogP contribution >= 0.6 is 24.0 Å². The highest BCUT2D eigenvalue weighted by Gasteiger charge is 2.16. The molecular formula is C15H24F2IN3O2. The fourth-order valence-electron chi connectivity index (χ4n) is 1.77. The van der Waals surface area contributed by atoms with E-state index in [1.807, 2.05) is 20.8 Å². The summed E-state index contributed by atoms with van der Waals surface area (Å²) >= 11 is 0. The van der Waals surface area contributed by atoms with Crippen LogP contribution in [0.4, 0.5) is 8.78 Å². The van der Waals surface area contributed by atoms with Crippen molar-refractivity contribution in [1.82, 2.24) is 5.32 Å². The van der Waals surface area contributed by atoms with Gasteiger partial charge in [-0.3, -0.25) is 0 Å². The third-order valence-electron chi connectivity index (χ3n) is 2.49. The zero-order valence-corrected chi connectivity index (χ0v) is 16.1. The van der Waals surface area contributed by atoms with Gasteiger partial charge in [-0.1, -0.05) is 12.1 Å². The number of halogens is 3. The molecule has 132 valence electrons. The van der Waals surface area contributed by atoms with Gasteiger partial charge in [-0.15, -0.1) is 24.0 Å². The minimum Gasteiger partial charge on any atom is -0.490 e. The van der Waals surface area contributed by atoms with Gasteiger partial charge < -0.3 is 20.5 Å². The van der Waals surface area contributed by atoms with Gasteiger partial charge in [-0.2, -0.15) is 8.78 Å². The first-order chi connectivity index (χ1) is 10.2. The summed E-state index contributed by atoms with van der Waals surface area (Å²) in [5.41, 5.74) is 6.02. The van der Waals surface area contributed by atoms with Crippen LogP contribution in [-0.4, -0.2) is 24.7 Å². The lowest BCUT2D eigenvalue weighted by Crippen LogP contribution is -2.44. The topological polar surface area (TPSA) is 68.9 Å². The minimum atomic E-state index is -2.94. The molecule has 23 heavy (non-hydrogen) atoms. The predicted octanol–water partition coefficient (Wildman–Crippen LogP) is 3.51. The molecule has 0 aliphatic rings. The zero-order valence-electron chi connectivity index (χ0n) is 13.7. The molecule has 0 amide bonds. The second-order valence-electron chi connectivity index (χ2n) is 5.63. The molecule has 1 rings (SSSR count). The van der Waals surface area contributed by atoms with Crippen LogP contribution in [0.5, 0.6) is 11.5 Å². The van der Waals surface area contributed by atoms with Gasteiger partial charge in [0.25, 0.3) is 0 Å². The van der Waals surface area contributed by atoms with Gasteiger partial charge in [-0.25, -0.2) is 4.99 Å². The molecule has 8 heteroatoms. The summed E-state index contributed by atoms with van der Waals surface area (Å²) in [5.74, 6) is 0.488. The van der Waals surface area contributed by atoms with Crippen molar-refractivity contribution in [3.05, 3.63) is 23.8 Å². The van der Waals surface area contributed by atoms with Crippen LogP contribution in [0.25, 0.3) is 0 Å². The van der Waals surface area contributed by atoms with Crippen molar-refractivity contribution in [2.75, 3.05) is 6.61 Å². The summed E-state index contributed by atoms with van der Waals surface area (Å²) in [7, 11) is 0. The Morgan fingerprint density at radius 2 is 2.00 bits per heavy atom. The van der Waals surface area contributed by atoms with Gasteiger partial charge in [0.2, 0.25) is 0 Å². The van der Waals surface area contributed by atoms with Gasteiger partial charge in [0.1, 0.15) is 0 Å². The second-order valence-corrected chi connectivity index (χ2v) is 5.63. The molecule has 0 heterocycles. The highest BCUT2D eigenvalue weighted by atomic mass is 127. The first-order valence-corrected chi connectivity index (χ1v) is 7.00. The summed E-state index contributed by atoms with van der Waals surface area (Å²) in [5, 5.41) is 3.00. The maximum Gasteiger partial charge on any atom is 0.387 e. The monoisotopic (exact) mass is 443 g/mol. The number of alkyl halides is 2. The van der Waals surface area contributed by atoms with Gasteiger partial charge in [0, 0.05) is 11.1 Å². The number of hydrogen-bond acceptors (Lipinski definition) is 3. The molecule has 0 saturated carbocycles. The van der Waals surface area contributed by atoms with Gasteiger partial charge in [0.05, 0.1) is 13.2 Å². The molecule has 3 N–H and O–H groups in total. The molecule has 0 spiro atoms. The smallest absolute Gasteiger partial charge is 0.387 e. The molecule has 0 bridgehead atoms. The number of guanidine groups is 1. The number of nitrogens with zero attached hydrogens (tertiary/aromatic N) is 1.